The van der Waals surface area contributed by atoms with Gasteiger partial charge in [-0.2, -0.15) is 0 Å². The Morgan fingerprint density at radius 2 is 2.05 bits per heavy atom. The van der Waals surface area contributed by atoms with Crippen molar-refractivity contribution in [2.45, 2.75) is 6.42 Å². The van der Waals surface area contributed by atoms with Gasteiger partial charge in [0.25, 0.3) is 0 Å². The fraction of sp³-hybridized carbons (Fsp3) is 0.538. The molecule has 0 unspecified atom stereocenters. The highest BCUT2D eigenvalue weighted by molar-refractivity contribution is 6.35. The molecule has 1 aliphatic rings. The highest BCUT2D eigenvalue weighted by Crippen LogP contribution is 2.27. The van der Waals surface area contributed by atoms with Crippen LogP contribution in [-0.2, 0) is 0 Å². The van der Waals surface area contributed by atoms with Crippen molar-refractivity contribution >= 4 is 35.6 Å². The zero-order valence-corrected chi connectivity index (χ0v) is 13.0. The molecule has 1 saturated heterocycles. The van der Waals surface area contributed by atoms with Crippen LogP contribution < -0.4 is 10.1 Å². The summed E-state index contributed by atoms with van der Waals surface area (Å²) in [6.45, 7) is 5.96. The maximum absolute atomic E-state index is 6.04. The van der Waals surface area contributed by atoms with Gasteiger partial charge in [-0.25, -0.2) is 0 Å². The number of ether oxygens (including phenoxy) is 1. The maximum Gasteiger partial charge on any atom is 0.138 e. The second-order valence-corrected chi connectivity index (χ2v) is 5.21. The molecule has 3 nitrogen and oxygen atoms in total. The SMILES string of the molecule is Cl.Clc1ccc(OCCN2CCCNCC2)c(Cl)c1. The number of halogens is 3. The molecular formula is C13H19Cl3N2O. The second kappa shape index (κ2) is 8.88. The number of nitrogens with zero attached hydrogens (tertiary/aromatic N) is 1. The molecule has 1 fully saturated rings. The molecule has 0 saturated carbocycles. The third-order valence-electron chi connectivity index (χ3n) is 2.99. The van der Waals surface area contributed by atoms with Crippen molar-refractivity contribution in [1.29, 1.82) is 0 Å². The molecule has 1 aromatic carbocycles. The molecule has 19 heavy (non-hydrogen) atoms. The molecule has 1 aromatic rings. The van der Waals surface area contributed by atoms with Gasteiger partial charge in [-0.1, -0.05) is 23.2 Å². The standard InChI is InChI=1S/C13H18Cl2N2O.ClH/c14-11-2-3-13(12(15)10-11)18-9-8-17-6-1-4-16-5-7-17;/h2-3,10,16H,1,4-9H2;1H. The molecule has 6 heteroatoms. The van der Waals surface area contributed by atoms with Gasteiger partial charge in [-0.05, 0) is 37.7 Å². The fourth-order valence-corrected chi connectivity index (χ4v) is 2.47. The lowest BCUT2D eigenvalue weighted by Gasteiger charge is -2.19. The van der Waals surface area contributed by atoms with E-state index in [0.717, 1.165) is 32.7 Å². The summed E-state index contributed by atoms with van der Waals surface area (Å²) in [5, 5.41) is 4.58. The minimum Gasteiger partial charge on any atom is -0.491 e. The Bertz CT molecular complexity index is 382. The van der Waals surface area contributed by atoms with Crippen molar-refractivity contribution in [1.82, 2.24) is 10.2 Å². The van der Waals surface area contributed by atoms with Gasteiger partial charge in [-0.15, -0.1) is 12.4 Å². The van der Waals surface area contributed by atoms with E-state index in [0.29, 0.717) is 22.4 Å². The monoisotopic (exact) mass is 324 g/mol. The lowest BCUT2D eigenvalue weighted by atomic mass is 10.3. The minimum absolute atomic E-state index is 0. The summed E-state index contributed by atoms with van der Waals surface area (Å²) < 4.78 is 5.68. The van der Waals surface area contributed by atoms with Crippen LogP contribution in [0.15, 0.2) is 18.2 Å². The first kappa shape index (κ1) is 16.9. The topological polar surface area (TPSA) is 24.5 Å². The van der Waals surface area contributed by atoms with Crippen molar-refractivity contribution in [3.05, 3.63) is 28.2 Å². The smallest absolute Gasteiger partial charge is 0.138 e. The third-order valence-corrected chi connectivity index (χ3v) is 3.52. The van der Waals surface area contributed by atoms with E-state index in [1.165, 1.54) is 6.42 Å². The zero-order chi connectivity index (χ0) is 12.8. The Morgan fingerprint density at radius 3 is 2.84 bits per heavy atom. The highest BCUT2D eigenvalue weighted by Gasteiger charge is 2.08. The summed E-state index contributed by atoms with van der Waals surface area (Å²) in [6, 6.07) is 5.31. The van der Waals surface area contributed by atoms with Crippen molar-refractivity contribution < 1.29 is 4.74 Å². The maximum atomic E-state index is 6.04. The van der Waals surface area contributed by atoms with Crippen LogP contribution in [-0.4, -0.2) is 44.2 Å². The number of rotatable bonds is 4. The van der Waals surface area contributed by atoms with E-state index >= 15 is 0 Å². The average Bonchev–Trinajstić information content (AvgIpc) is 2.60. The lowest BCUT2D eigenvalue weighted by molar-refractivity contribution is 0.218. The van der Waals surface area contributed by atoms with Gasteiger partial charge in [0, 0.05) is 24.7 Å². The fourth-order valence-electron chi connectivity index (χ4n) is 2.00. The van der Waals surface area contributed by atoms with E-state index in [1.807, 2.05) is 6.07 Å². The summed E-state index contributed by atoms with van der Waals surface area (Å²) in [6.07, 6.45) is 1.20. The van der Waals surface area contributed by atoms with Gasteiger partial charge in [-0.3, -0.25) is 4.90 Å². The normalized spacial score (nSPS) is 16.5. The first-order chi connectivity index (χ1) is 8.75. The minimum atomic E-state index is 0. The molecule has 0 aromatic heterocycles. The Labute approximate surface area is 130 Å². The summed E-state index contributed by atoms with van der Waals surface area (Å²) >= 11 is 11.9. The van der Waals surface area contributed by atoms with Crippen LogP contribution in [0.5, 0.6) is 5.75 Å². The molecule has 0 amide bonds. The Morgan fingerprint density at radius 1 is 1.21 bits per heavy atom. The zero-order valence-electron chi connectivity index (χ0n) is 10.7. The summed E-state index contributed by atoms with van der Waals surface area (Å²) in [5.74, 6) is 0.703. The van der Waals surface area contributed by atoms with Gasteiger partial charge < -0.3 is 10.1 Å². The average molecular weight is 326 g/mol. The number of benzene rings is 1. The number of hydrogen-bond donors (Lipinski definition) is 1. The molecule has 0 spiro atoms. The van der Waals surface area contributed by atoms with Gasteiger partial charge in [0.05, 0.1) is 5.02 Å². The number of nitrogens with one attached hydrogen (secondary N) is 1. The van der Waals surface area contributed by atoms with Gasteiger partial charge >= 0.3 is 0 Å². The second-order valence-electron chi connectivity index (χ2n) is 4.37. The molecule has 0 aliphatic carbocycles. The Hall–Kier alpha value is -0.190. The highest BCUT2D eigenvalue weighted by atomic mass is 35.5. The van der Waals surface area contributed by atoms with E-state index in [4.69, 9.17) is 27.9 Å². The summed E-state index contributed by atoms with van der Waals surface area (Å²) in [7, 11) is 0. The molecular weight excluding hydrogens is 307 g/mol. The van der Waals surface area contributed by atoms with Crippen LogP contribution in [0, 0.1) is 0 Å². The number of hydrogen-bond acceptors (Lipinski definition) is 3. The molecule has 1 N–H and O–H groups in total. The predicted molar refractivity (Wildman–Crippen MR) is 83.1 cm³/mol. The van der Waals surface area contributed by atoms with E-state index in [2.05, 4.69) is 10.2 Å². The molecule has 0 bridgehead atoms. The molecule has 0 radical (unpaired) electrons. The molecule has 108 valence electrons. The largest absolute Gasteiger partial charge is 0.491 e. The van der Waals surface area contributed by atoms with E-state index in [1.54, 1.807) is 12.1 Å². The van der Waals surface area contributed by atoms with Gasteiger partial charge in [0.1, 0.15) is 12.4 Å². The van der Waals surface area contributed by atoms with Crippen LogP contribution in [0.3, 0.4) is 0 Å². The Kier molecular flexibility index (Phi) is 7.88. The molecule has 0 atom stereocenters. The van der Waals surface area contributed by atoms with E-state index < -0.39 is 0 Å². The van der Waals surface area contributed by atoms with Crippen molar-refractivity contribution in [3.63, 3.8) is 0 Å². The van der Waals surface area contributed by atoms with Crippen LogP contribution in [0.1, 0.15) is 6.42 Å². The molecule has 1 aliphatic heterocycles. The van der Waals surface area contributed by atoms with Gasteiger partial charge in [0.15, 0.2) is 0 Å². The third kappa shape index (κ3) is 5.76. The predicted octanol–water partition coefficient (Wildman–Crippen LogP) is 3.09. The summed E-state index contributed by atoms with van der Waals surface area (Å²) in [5.41, 5.74) is 0. The molecule has 2 rings (SSSR count). The van der Waals surface area contributed by atoms with Crippen molar-refractivity contribution in [2.24, 2.45) is 0 Å². The van der Waals surface area contributed by atoms with Crippen LogP contribution in [0.4, 0.5) is 0 Å². The Balaban J connectivity index is 0.00000180. The van der Waals surface area contributed by atoms with Crippen LogP contribution in [0.25, 0.3) is 0 Å². The quantitative estimate of drug-likeness (QED) is 0.920. The first-order valence-electron chi connectivity index (χ1n) is 6.26. The summed E-state index contributed by atoms with van der Waals surface area (Å²) in [4.78, 5) is 2.41. The van der Waals surface area contributed by atoms with Crippen LogP contribution >= 0.6 is 35.6 Å². The van der Waals surface area contributed by atoms with Crippen molar-refractivity contribution in [2.75, 3.05) is 39.3 Å². The lowest BCUT2D eigenvalue weighted by Crippen LogP contribution is -2.31. The van der Waals surface area contributed by atoms with Crippen molar-refractivity contribution in [3.8, 4) is 5.75 Å². The van der Waals surface area contributed by atoms with E-state index in [-0.39, 0.29) is 12.4 Å². The van der Waals surface area contributed by atoms with Gasteiger partial charge in [0.2, 0.25) is 0 Å². The van der Waals surface area contributed by atoms with E-state index in [9.17, 15) is 0 Å². The van der Waals surface area contributed by atoms with Crippen LogP contribution in [0.2, 0.25) is 10.0 Å². The molecule has 1 heterocycles. The first-order valence-corrected chi connectivity index (χ1v) is 7.02.